The summed E-state index contributed by atoms with van der Waals surface area (Å²) in [6, 6.07) is 7.66. The third kappa shape index (κ3) is 3.47. The van der Waals surface area contributed by atoms with Gasteiger partial charge in [-0.1, -0.05) is 12.1 Å². The Bertz CT molecular complexity index is 833. The van der Waals surface area contributed by atoms with Crippen LogP contribution in [0.15, 0.2) is 42.5 Å². The lowest BCUT2D eigenvalue weighted by Gasteiger charge is -2.06. The number of nitrogens with one attached hydrogen (secondary N) is 1. The van der Waals surface area contributed by atoms with Crippen molar-refractivity contribution in [3.63, 3.8) is 0 Å². The van der Waals surface area contributed by atoms with Crippen LogP contribution in [-0.2, 0) is 0 Å². The summed E-state index contributed by atoms with van der Waals surface area (Å²) in [5.74, 6) is -0.948. The molecule has 0 aliphatic heterocycles. The van der Waals surface area contributed by atoms with Crippen LogP contribution in [0, 0.1) is 30.3 Å². The number of nitro groups is 3. The van der Waals surface area contributed by atoms with Crippen LogP contribution in [0.4, 0.5) is 22.7 Å². The zero-order valence-electron chi connectivity index (χ0n) is 11.7. The minimum absolute atomic E-state index is 0.137. The maximum Gasteiger partial charge on any atom is 0.292 e. The molecule has 1 amide bonds. The first-order chi connectivity index (χ1) is 11.3. The molecule has 11 nitrogen and oxygen atoms in total. The highest BCUT2D eigenvalue weighted by Gasteiger charge is 2.21. The van der Waals surface area contributed by atoms with Crippen LogP contribution in [0.5, 0.6) is 0 Å². The summed E-state index contributed by atoms with van der Waals surface area (Å²) >= 11 is 0. The van der Waals surface area contributed by atoms with Gasteiger partial charge in [0.1, 0.15) is 5.69 Å². The summed E-state index contributed by atoms with van der Waals surface area (Å²) in [5.41, 5.74) is -2.17. The Kier molecular flexibility index (Phi) is 4.45. The van der Waals surface area contributed by atoms with Crippen LogP contribution in [0.1, 0.15) is 10.4 Å². The molecular weight excluding hydrogens is 324 g/mol. The van der Waals surface area contributed by atoms with Gasteiger partial charge in [-0.2, -0.15) is 0 Å². The molecule has 0 fully saturated rings. The zero-order chi connectivity index (χ0) is 17.9. The predicted molar refractivity (Wildman–Crippen MR) is 80.8 cm³/mol. The number of anilines is 1. The highest BCUT2D eigenvalue weighted by Crippen LogP contribution is 2.26. The Hall–Kier alpha value is -3.89. The van der Waals surface area contributed by atoms with E-state index in [4.69, 9.17) is 0 Å². The van der Waals surface area contributed by atoms with Crippen molar-refractivity contribution in [3.05, 3.63) is 78.4 Å². The lowest BCUT2D eigenvalue weighted by atomic mass is 10.1. The third-order valence-corrected chi connectivity index (χ3v) is 2.94. The molecule has 0 atom stereocenters. The number of rotatable bonds is 5. The van der Waals surface area contributed by atoms with E-state index < -0.39 is 32.1 Å². The Morgan fingerprint density at radius 2 is 1.38 bits per heavy atom. The van der Waals surface area contributed by atoms with Crippen LogP contribution < -0.4 is 5.32 Å². The number of non-ortho nitro benzene ring substituents is 2. The third-order valence-electron chi connectivity index (χ3n) is 2.94. The molecule has 0 unspecified atom stereocenters. The SMILES string of the molecule is O=C(Nc1ccccc1[N+](=O)[O-])c1cc([N+](=O)[O-])cc([N+](=O)[O-])c1. The van der Waals surface area contributed by atoms with E-state index in [1.807, 2.05) is 0 Å². The van der Waals surface area contributed by atoms with E-state index >= 15 is 0 Å². The first-order valence-corrected chi connectivity index (χ1v) is 6.28. The number of benzene rings is 2. The number of carbonyl (C=O) groups excluding carboxylic acids is 1. The van der Waals surface area contributed by atoms with E-state index in [9.17, 15) is 35.1 Å². The maximum atomic E-state index is 12.2. The molecule has 11 heteroatoms. The van der Waals surface area contributed by atoms with Gasteiger partial charge in [-0.25, -0.2) is 0 Å². The van der Waals surface area contributed by atoms with Gasteiger partial charge < -0.3 is 5.32 Å². The molecule has 0 radical (unpaired) electrons. The molecule has 2 rings (SSSR count). The van der Waals surface area contributed by atoms with Crippen LogP contribution in [0.3, 0.4) is 0 Å². The highest BCUT2D eigenvalue weighted by atomic mass is 16.6. The number of amides is 1. The second kappa shape index (κ2) is 6.48. The number of carbonyl (C=O) groups is 1. The summed E-state index contributed by atoms with van der Waals surface area (Å²) in [4.78, 5) is 42.2. The summed E-state index contributed by atoms with van der Waals surface area (Å²) in [7, 11) is 0. The molecule has 0 aliphatic carbocycles. The topological polar surface area (TPSA) is 159 Å². The monoisotopic (exact) mass is 332 g/mol. The quantitative estimate of drug-likeness (QED) is 0.650. The molecule has 0 spiro atoms. The van der Waals surface area contributed by atoms with Gasteiger partial charge in [-0.05, 0) is 6.07 Å². The first-order valence-electron chi connectivity index (χ1n) is 6.28. The normalized spacial score (nSPS) is 10.0. The van der Waals surface area contributed by atoms with Crippen molar-refractivity contribution in [2.45, 2.75) is 0 Å². The van der Waals surface area contributed by atoms with E-state index in [0.717, 1.165) is 18.2 Å². The second-order valence-corrected chi connectivity index (χ2v) is 4.48. The van der Waals surface area contributed by atoms with E-state index in [1.54, 1.807) is 0 Å². The van der Waals surface area contributed by atoms with Gasteiger partial charge in [0.2, 0.25) is 0 Å². The van der Waals surface area contributed by atoms with Gasteiger partial charge in [0.05, 0.1) is 26.4 Å². The van der Waals surface area contributed by atoms with E-state index in [0.29, 0.717) is 6.07 Å². The van der Waals surface area contributed by atoms with Gasteiger partial charge in [0, 0.05) is 18.2 Å². The maximum absolute atomic E-state index is 12.2. The van der Waals surface area contributed by atoms with Crippen molar-refractivity contribution in [3.8, 4) is 0 Å². The van der Waals surface area contributed by atoms with Gasteiger partial charge in [0.25, 0.3) is 23.0 Å². The smallest absolute Gasteiger partial charge is 0.292 e. The fourth-order valence-corrected chi connectivity index (χ4v) is 1.87. The zero-order valence-corrected chi connectivity index (χ0v) is 11.7. The molecule has 2 aromatic carbocycles. The van der Waals surface area contributed by atoms with Crippen molar-refractivity contribution in [1.29, 1.82) is 0 Å². The molecular formula is C13H8N4O7. The minimum Gasteiger partial charge on any atom is -0.316 e. The minimum atomic E-state index is -0.948. The Balaban J connectivity index is 2.42. The molecule has 0 aromatic heterocycles. The van der Waals surface area contributed by atoms with Crippen LogP contribution in [0.2, 0.25) is 0 Å². The number of para-hydroxylation sites is 2. The standard InChI is InChI=1S/C13H8N4O7/c18-13(14-11-3-1-2-4-12(11)17(23)24)8-5-9(15(19)20)7-10(6-8)16(21)22/h1-7H,(H,14,18). The van der Waals surface area contributed by atoms with Crippen LogP contribution in [-0.4, -0.2) is 20.7 Å². The largest absolute Gasteiger partial charge is 0.316 e. The van der Waals surface area contributed by atoms with E-state index in [2.05, 4.69) is 5.32 Å². The summed E-state index contributed by atoms with van der Waals surface area (Å²) in [5, 5.41) is 34.7. The van der Waals surface area contributed by atoms with Crippen molar-refractivity contribution >= 4 is 28.7 Å². The van der Waals surface area contributed by atoms with Crippen LogP contribution in [0.25, 0.3) is 0 Å². The van der Waals surface area contributed by atoms with Crippen molar-refractivity contribution in [1.82, 2.24) is 0 Å². The molecule has 0 bridgehead atoms. The van der Waals surface area contributed by atoms with Crippen LogP contribution >= 0.6 is 0 Å². The fraction of sp³-hybridized carbons (Fsp3) is 0. The molecule has 0 saturated carbocycles. The van der Waals surface area contributed by atoms with Gasteiger partial charge in [0.15, 0.2) is 0 Å². The summed E-state index contributed by atoms with van der Waals surface area (Å²) < 4.78 is 0. The Morgan fingerprint density at radius 1 is 0.833 bits per heavy atom. The molecule has 2 aromatic rings. The molecule has 24 heavy (non-hydrogen) atoms. The Morgan fingerprint density at radius 3 is 1.88 bits per heavy atom. The van der Waals surface area contributed by atoms with Crippen molar-refractivity contribution in [2.24, 2.45) is 0 Å². The lowest BCUT2D eigenvalue weighted by molar-refractivity contribution is -0.394. The fourth-order valence-electron chi connectivity index (χ4n) is 1.87. The number of nitro benzene ring substituents is 3. The average Bonchev–Trinajstić information content (AvgIpc) is 2.54. The molecule has 0 aliphatic rings. The second-order valence-electron chi connectivity index (χ2n) is 4.48. The lowest BCUT2D eigenvalue weighted by Crippen LogP contribution is -2.13. The summed E-state index contributed by atoms with van der Waals surface area (Å²) in [6.45, 7) is 0. The van der Waals surface area contributed by atoms with Gasteiger partial charge >= 0.3 is 0 Å². The number of hydrogen-bond donors (Lipinski definition) is 1. The van der Waals surface area contributed by atoms with E-state index in [-0.39, 0.29) is 16.9 Å². The highest BCUT2D eigenvalue weighted by molar-refractivity contribution is 6.06. The number of nitrogens with zero attached hydrogens (tertiary/aromatic N) is 3. The van der Waals surface area contributed by atoms with Crippen molar-refractivity contribution in [2.75, 3.05) is 5.32 Å². The Labute approximate surface area is 133 Å². The average molecular weight is 332 g/mol. The summed E-state index contributed by atoms with van der Waals surface area (Å²) in [6.07, 6.45) is 0. The molecule has 0 saturated heterocycles. The number of hydrogen-bond acceptors (Lipinski definition) is 7. The molecule has 1 N–H and O–H groups in total. The van der Waals surface area contributed by atoms with Crippen molar-refractivity contribution < 1.29 is 19.6 Å². The van der Waals surface area contributed by atoms with Gasteiger partial charge in [-0.15, -0.1) is 0 Å². The first kappa shape index (κ1) is 16.5. The molecule has 122 valence electrons. The van der Waals surface area contributed by atoms with Gasteiger partial charge in [-0.3, -0.25) is 35.1 Å². The predicted octanol–water partition coefficient (Wildman–Crippen LogP) is 2.66. The van der Waals surface area contributed by atoms with E-state index in [1.165, 1.54) is 18.2 Å². The molecule has 0 heterocycles.